The number of nitrogens with one attached hydrogen (secondary N) is 1. The summed E-state index contributed by atoms with van der Waals surface area (Å²) in [6.45, 7) is 3.74. The molecule has 88 valence electrons. The minimum absolute atomic E-state index is 0. The molecule has 0 bridgehead atoms. The van der Waals surface area contributed by atoms with Crippen LogP contribution in [0.4, 0.5) is 0 Å². The monoisotopic (exact) mass is 237 g/mol. The van der Waals surface area contributed by atoms with E-state index in [1.54, 1.807) is 0 Å². The Morgan fingerprint density at radius 1 is 1.44 bits per heavy atom. The third-order valence-corrected chi connectivity index (χ3v) is 3.04. The molecule has 1 aliphatic rings. The minimum Gasteiger partial charge on any atom is -0.550 e. The second kappa shape index (κ2) is 6.97. The van der Waals surface area contributed by atoms with Crippen LogP contribution in [0.25, 0.3) is 0 Å². The predicted molar refractivity (Wildman–Crippen MR) is 55.1 cm³/mol. The van der Waals surface area contributed by atoms with Gasteiger partial charge in [0.15, 0.2) is 0 Å². The maximum Gasteiger partial charge on any atom is 1.00 e. The number of rotatable bonds is 4. The second-order valence-electron chi connectivity index (χ2n) is 5.00. The molecule has 0 aromatic rings. The summed E-state index contributed by atoms with van der Waals surface area (Å²) in [5.74, 6) is -1.38. The molecular formula is C11H20NNaO3. The van der Waals surface area contributed by atoms with Crippen LogP contribution in [0.15, 0.2) is 0 Å². The summed E-state index contributed by atoms with van der Waals surface area (Å²) >= 11 is 0. The van der Waals surface area contributed by atoms with Crippen LogP contribution in [-0.2, 0) is 4.79 Å². The second-order valence-corrected chi connectivity index (χ2v) is 5.00. The van der Waals surface area contributed by atoms with Gasteiger partial charge in [-0.1, -0.05) is 12.8 Å². The molecule has 0 saturated heterocycles. The van der Waals surface area contributed by atoms with Gasteiger partial charge >= 0.3 is 29.6 Å². The molecule has 0 heterocycles. The van der Waals surface area contributed by atoms with Gasteiger partial charge in [0.2, 0.25) is 0 Å². The zero-order valence-corrected chi connectivity index (χ0v) is 12.5. The van der Waals surface area contributed by atoms with E-state index in [0.29, 0.717) is 6.42 Å². The van der Waals surface area contributed by atoms with Crippen molar-refractivity contribution in [2.75, 3.05) is 6.61 Å². The van der Waals surface area contributed by atoms with E-state index in [2.05, 4.69) is 5.32 Å². The zero-order chi connectivity index (χ0) is 11.5. The van der Waals surface area contributed by atoms with Gasteiger partial charge in [-0.3, -0.25) is 0 Å². The van der Waals surface area contributed by atoms with Gasteiger partial charge in [-0.25, -0.2) is 0 Å². The van der Waals surface area contributed by atoms with Crippen LogP contribution in [0.3, 0.4) is 0 Å². The molecule has 16 heavy (non-hydrogen) atoms. The van der Waals surface area contributed by atoms with E-state index in [9.17, 15) is 9.90 Å². The summed E-state index contributed by atoms with van der Waals surface area (Å²) in [7, 11) is 0. The Morgan fingerprint density at radius 3 is 2.50 bits per heavy atom. The van der Waals surface area contributed by atoms with Crippen molar-refractivity contribution in [3.63, 3.8) is 0 Å². The molecule has 2 atom stereocenters. The van der Waals surface area contributed by atoms with E-state index in [0.717, 1.165) is 19.3 Å². The molecule has 0 amide bonds. The Hall–Kier alpha value is 0.390. The largest absolute Gasteiger partial charge is 1.00 e. The molecule has 5 heteroatoms. The van der Waals surface area contributed by atoms with Crippen LogP contribution in [0.1, 0.15) is 39.5 Å². The Balaban J connectivity index is 0.00000225. The maximum absolute atomic E-state index is 10.9. The van der Waals surface area contributed by atoms with Gasteiger partial charge in [-0.15, -0.1) is 0 Å². The normalized spacial score (nSPS) is 25.9. The molecule has 1 rings (SSSR count). The van der Waals surface area contributed by atoms with Crippen LogP contribution in [0.5, 0.6) is 0 Å². The number of aliphatic hydroxyl groups excluding tert-OH is 1. The Kier molecular flexibility index (Phi) is 7.14. The number of carbonyl (C=O) groups is 1. The Labute approximate surface area is 119 Å². The first-order chi connectivity index (χ1) is 6.96. The molecule has 1 saturated carbocycles. The van der Waals surface area contributed by atoms with Crippen molar-refractivity contribution in [3.8, 4) is 0 Å². The molecule has 1 fully saturated rings. The van der Waals surface area contributed by atoms with Crippen molar-refractivity contribution in [2.24, 2.45) is 5.92 Å². The van der Waals surface area contributed by atoms with E-state index < -0.39 is 17.4 Å². The average Bonchev–Trinajstić information content (AvgIpc) is 2.18. The quantitative estimate of drug-likeness (QED) is 0.501. The summed E-state index contributed by atoms with van der Waals surface area (Å²) in [5, 5.41) is 23.3. The zero-order valence-electron chi connectivity index (χ0n) is 10.5. The van der Waals surface area contributed by atoms with E-state index in [1.807, 2.05) is 13.8 Å². The van der Waals surface area contributed by atoms with Crippen molar-refractivity contribution in [3.05, 3.63) is 0 Å². The first-order valence-corrected chi connectivity index (χ1v) is 5.56. The average molecular weight is 237 g/mol. The van der Waals surface area contributed by atoms with Gasteiger partial charge in [0.25, 0.3) is 0 Å². The molecule has 4 nitrogen and oxygen atoms in total. The number of hydrogen-bond donors (Lipinski definition) is 2. The third-order valence-electron chi connectivity index (χ3n) is 3.04. The molecule has 0 aliphatic heterocycles. The van der Waals surface area contributed by atoms with Gasteiger partial charge in [0.05, 0.1) is 6.61 Å². The molecule has 2 unspecified atom stereocenters. The maximum atomic E-state index is 10.9. The Morgan fingerprint density at radius 2 is 2.00 bits per heavy atom. The summed E-state index contributed by atoms with van der Waals surface area (Å²) in [6, 6.07) is -0.0640. The minimum atomic E-state index is -0.971. The van der Waals surface area contributed by atoms with Gasteiger partial charge in [0.1, 0.15) is 0 Å². The van der Waals surface area contributed by atoms with Crippen molar-refractivity contribution < 1.29 is 44.6 Å². The molecule has 2 N–H and O–H groups in total. The number of carboxylic acids is 1. The first-order valence-electron chi connectivity index (χ1n) is 5.56. The van der Waals surface area contributed by atoms with E-state index in [1.165, 1.54) is 0 Å². The van der Waals surface area contributed by atoms with Gasteiger partial charge in [0, 0.05) is 23.5 Å². The fraction of sp³-hybridized carbons (Fsp3) is 0.909. The van der Waals surface area contributed by atoms with Gasteiger partial charge in [-0.2, -0.15) is 0 Å². The topological polar surface area (TPSA) is 72.4 Å². The number of hydrogen-bond acceptors (Lipinski definition) is 4. The van der Waals surface area contributed by atoms with E-state index >= 15 is 0 Å². The number of carbonyl (C=O) groups excluding carboxylic acids is 1. The van der Waals surface area contributed by atoms with Crippen LogP contribution in [0, 0.1) is 5.92 Å². The van der Waals surface area contributed by atoms with E-state index in [4.69, 9.17) is 5.11 Å². The third kappa shape index (κ3) is 4.72. The van der Waals surface area contributed by atoms with Crippen LogP contribution in [0.2, 0.25) is 0 Å². The summed E-state index contributed by atoms with van der Waals surface area (Å²) in [5.41, 5.74) is -0.421. The summed E-state index contributed by atoms with van der Waals surface area (Å²) in [6.07, 6.45) is 3.53. The molecule has 0 spiro atoms. The number of aliphatic carboxylic acids is 1. The standard InChI is InChI=1S/C11H21NO3.Na/c1-11(2,7-13)12-9-6-4-3-5-8(9)10(14)15;/h8-9,12-13H,3-7H2,1-2H3,(H,14,15);/q;+1/p-1. The number of aliphatic hydroxyl groups is 1. The molecule has 0 aromatic heterocycles. The first kappa shape index (κ1) is 16.4. The van der Waals surface area contributed by atoms with Crippen LogP contribution in [-0.4, -0.2) is 29.3 Å². The summed E-state index contributed by atoms with van der Waals surface area (Å²) < 4.78 is 0. The smallest absolute Gasteiger partial charge is 0.550 e. The molecule has 0 radical (unpaired) electrons. The SMILES string of the molecule is CC(C)(CO)NC1CCCCC1C(=O)[O-].[Na+]. The predicted octanol–water partition coefficient (Wildman–Crippen LogP) is -3.34. The van der Waals surface area contributed by atoms with Crippen molar-refractivity contribution in [1.29, 1.82) is 0 Å². The van der Waals surface area contributed by atoms with Crippen molar-refractivity contribution >= 4 is 5.97 Å². The number of carboxylic acid groups (broad SMARTS) is 1. The molecule has 1 aliphatic carbocycles. The fourth-order valence-electron chi connectivity index (χ4n) is 2.13. The van der Waals surface area contributed by atoms with E-state index in [-0.39, 0.29) is 42.2 Å². The van der Waals surface area contributed by atoms with Crippen molar-refractivity contribution in [1.82, 2.24) is 5.32 Å². The van der Waals surface area contributed by atoms with Crippen LogP contribution >= 0.6 is 0 Å². The summed E-state index contributed by atoms with van der Waals surface area (Å²) in [4.78, 5) is 10.9. The Bertz CT molecular complexity index is 233. The van der Waals surface area contributed by atoms with Gasteiger partial charge < -0.3 is 20.3 Å². The van der Waals surface area contributed by atoms with Crippen LogP contribution < -0.4 is 40.0 Å². The van der Waals surface area contributed by atoms with Crippen molar-refractivity contribution in [2.45, 2.75) is 51.1 Å². The van der Waals surface area contributed by atoms with Gasteiger partial charge in [-0.05, 0) is 26.7 Å². The molecular weight excluding hydrogens is 217 g/mol. The fourth-order valence-corrected chi connectivity index (χ4v) is 2.13. The molecule has 0 aromatic carbocycles.